The van der Waals surface area contributed by atoms with Crippen molar-refractivity contribution in [3.63, 3.8) is 0 Å². The van der Waals surface area contributed by atoms with Gasteiger partial charge in [0.15, 0.2) is 0 Å². The van der Waals surface area contributed by atoms with Crippen molar-refractivity contribution in [2.75, 3.05) is 11.9 Å². The fourth-order valence-electron chi connectivity index (χ4n) is 2.91. The highest BCUT2D eigenvalue weighted by Gasteiger charge is 2.24. The Balaban J connectivity index is 1.93. The SMILES string of the molecule is CCOC(=O)c1c(C)oc2ncn(CC(=O)Nc3cc(C)ccc3C)c(=O)c12. The van der Waals surface area contributed by atoms with Crippen LogP contribution < -0.4 is 10.9 Å². The van der Waals surface area contributed by atoms with Crippen molar-refractivity contribution in [2.24, 2.45) is 0 Å². The van der Waals surface area contributed by atoms with E-state index >= 15 is 0 Å². The number of nitrogens with one attached hydrogen (secondary N) is 1. The van der Waals surface area contributed by atoms with Crippen LogP contribution in [-0.2, 0) is 16.1 Å². The van der Waals surface area contributed by atoms with Crippen LogP contribution in [0.3, 0.4) is 0 Å². The van der Waals surface area contributed by atoms with E-state index in [9.17, 15) is 14.4 Å². The molecular formula is C20H21N3O5. The number of fused-ring (bicyclic) bond motifs is 1. The van der Waals surface area contributed by atoms with Crippen LogP contribution in [0, 0.1) is 20.8 Å². The molecule has 3 aromatic rings. The first-order valence-electron chi connectivity index (χ1n) is 8.84. The van der Waals surface area contributed by atoms with Crippen molar-refractivity contribution in [2.45, 2.75) is 34.2 Å². The molecule has 0 saturated carbocycles. The number of hydrogen-bond acceptors (Lipinski definition) is 6. The van der Waals surface area contributed by atoms with E-state index in [0.717, 1.165) is 15.7 Å². The molecule has 0 unspecified atom stereocenters. The summed E-state index contributed by atoms with van der Waals surface area (Å²) in [6.45, 7) is 6.96. The number of ether oxygens (including phenoxy) is 1. The van der Waals surface area contributed by atoms with E-state index in [1.807, 2.05) is 32.0 Å². The van der Waals surface area contributed by atoms with Crippen LogP contribution in [-0.4, -0.2) is 28.0 Å². The summed E-state index contributed by atoms with van der Waals surface area (Å²) in [5, 5.41) is 2.81. The molecule has 0 aliphatic carbocycles. The number of carbonyl (C=O) groups excluding carboxylic acids is 2. The molecule has 2 heterocycles. The number of rotatable bonds is 5. The third-order valence-electron chi connectivity index (χ3n) is 4.32. The van der Waals surface area contributed by atoms with E-state index in [-0.39, 0.29) is 41.5 Å². The van der Waals surface area contributed by atoms with E-state index < -0.39 is 11.5 Å². The van der Waals surface area contributed by atoms with Crippen molar-refractivity contribution in [1.29, 1.82) is 0 Å². The Labute approximate surface area is 161 Å². The summed E-state index contributed by atoms with van der Waals surface area (Å²) in [4.78, 5) is 41.6. The zero-order valence-electron chi connectivity index (χ0n) is 16.2. The molecule has 1 aromatic carbocycles. The van der Waals surface area contributed by atoms with E-state index in [2.05, 4.69) is 10.3 Å². The molecule has 0 radical (unpaired) electrons. The lowest BCUT2D eigenvalue weighted by molar-refractivity contribution is -0.116. The summed E-state index contributed by atoms with van der Waals surface area (Å²) in [6.07, 6.45) is 1.23. The maximum atomic E-state index is 12.9. The van der Waals surface area contributed by atoms with Crippen LogP contribution in [0.2, 0.25) is 0 Å². The molecule has 146 valence electrons. The van der Waals surface area contributed by atoms with Gasteiger partial charge < -0.3 is 14.5 Å². The second-order valence-corrected chi connectivity index (χ2v) is 6.48. The molecule has 2 aromatic heterocycles. The van der Waals surface area contributed by atoms with Crippen molar-refractivity contribution in [1.82, 2.24) is 9.55 Å². The molecule has 0 aliphatic heterocycles. The fraction of sp³-hybridized carbons (Fsp3) is 0.300. The number of furan rings is 1. The van der Waals surface area contributed by atoms with Gasteiger partial charge in [0.05, 0.1) is 6.61 Å². The monoisotopic (exact) mass is 383 g/mol. The van der Waals surface area contributed by atoms with E-state index in [4.69, 9.17) is 9.15 Å². The molecule has 8 heteroatoms. The molecule has 0 spiro atoms. The number of benzene rings is 1. The van der Waals surface area contributed by atoms with Gasteiger partial charge in [0, 0.05) is 5.69 Å². The minimum absolute atomic E-state index is 0.0120. The summed E-state index contributed by atoms with van der Waals surface area (Å²) in [5.41, 5.74) is 2.14. The van der Waals surface area contributed by atoms with Gasteiger partial charge in [-0.1, -0.05) is 12.1 Å². The van der Waals surface area contributed by atoms with Gasteiger partial charge in [0.2, 0.25) is 11.6 Å². The lowest BCUT2D eigenvalue weighted by atomic mass is 10.1. The Morgan fingerprint density at radius 3 is 2.71 bits per heavy atom. The van der Waals surface area contributed by atoms with Crippen LogP contribution in [0.15, 0.2) is 33.7 Å². The van der Waals surface area contributed by atoms with Crippen LogP contribution in [0.1, 0.15) is 34.2 Å². The highest BCUT2D eigenvalue weighted by molar-refractivity contribution is 6.03. The van der Waals surface area contributed by atoms with E-state index in [1.165, 1.54) is 6.33 Å². The Bertz CT molecular complexity index is 1130. The van der Waals surface area contributed by atoms with Crippen molar-refractivity contribution in [3.05, 3.63) is 57.3 Å². The second-order valence-electron chi connectivity index (χ2n) is 6.48. The number of nitrogens with zero attached hydrogens (tertiary/aromatic N) is 2. The zero-order chi connectivity index (χ0) is 20.4. The molecule has 0 saturated heterocycles. The summed E-state index contributed by atoms with van der Waals surface area (Å²) in [5.74, 6) is -0.791. The number of carbonyl (C=O) groups is 2. The number of aryl methyl sites for hydroxylation is 3. The molecule has 0 atom stereocenters. The molecular weight excluding hydrogens is 362 g/mol. The average Bonchev–Trinajstić information content (AvgIpc) is 2.97. The Kier molecular flexibility index (Phi) is 5.30. The summed E-state index contributed by atoms with van der Waals surface area (Å²) in [6, 6.07) is 5.71. The van der Waals surface area contributed by atoms with Gasteiger partial charge in [-0.25, -0.2) is 9.78 Å². The number of hydrogen-bond donors (Lipinski definition) is 1. The Hall–Kier alpha value is -3.42. The number of esters is 1. The maximum absolute atomic E-state index is 12.9. The van der Waals surface area contributed by atoms with Crippen LogP contribution in [0.5, 0.6) is 0 Å². The highest BCUT2D eigenvalue weighted by atomic mass is 16.5. The summed E-state index contributed by atoms with van der Waals surface area (Å²) >= 11 is 0. The van der Waals surface area contributed by atoms with Crippen LogP contribution in [0.4, 0.5) is 5.69 Å². The normalized spacial score (nSPS) is 10.9. The van der Waals surface area contributed by atoms with Crippen LogP contribution >= 0.6 is 0 Å². The molecule has 0 aliphatic rings. The topological polar surface area (TPSA) is 103 Å². The summed E-state index contributed by atoms with van der Waals surface area (Å²) in [7, 11) is 0. The number of amides is 1. The van der Waals surface area contributed by atoms with Crippen molar-refractivity contribution in [3.8, 4) is 0 Å². The third kappa shape index (κ3) is 3.66. The molecule has 28 heavy (non-hydrogen) atoms. The maximum Gasteiger partial charge on any atom is 0.342 e. The molecule has 8 nitrogen and oxygen atoms in total. The average molecular weight is 383 g/mol. The first-order chi connectivity index (χ1) is 13.3. The first-order valence-corrected chi connectivity index (χ1v) is 8.84. The third-order valence-corrected chi connectivity index (χ3v) is 4.32. The standard InChI is InChI=1S/C20H21N3O5/c1-5-27-20(26)16-13(4)28-18-17(16)19(25)23(10-21-18)9-15(24)22-14-8-11(2)6-7-12(14)3/h6-8,10H,5,9H2,1-4H3,(H,22,24). The summed E-state index contributed by atoms with van der Waals surface area (Å²) < 4.78 is 11.5. The van der Waals surface area contributed by atoms with Crippen molar-refractivity contribution >= 4 is 28.7 Å². The van der Waals surface area contributed by atoms with Crippen LogP contribution in [0.25, 0.3) is 11.1 Å². The van der Waals surface area contributed by atoms with Gasteiger partial charge in [0.1, 0.15) is 29.6 Å². The van der Waals surface area contributed by atoms with Crippen molar-refractivity contribution < 1.29 is 18.7 Å². The molecule has 0 fully saturated rings. The molecule has 1 N–H and O–H groups in total. The Morgan fingerprint density at radius 1 is 1.25 bits per heavy atom. The smallest absolute Gasteiger partial charge is 0.342 e. The highest BCUT2D eigenvalue weighted by Crippen LogP contribution is 2.22. The predicted molar refractivity (Wildman–Crippen MR) is 104 cm³/mol. The van der Waals surface area contributed by atoms with E-state index in [0.29, 0.717) is 5.69 Å². The zero-order valence-corrected chi connectivity index (χ0v) is 16.2. The predicted octanol–water partition coefficient (Wildman–Crippen LogP) is 2.73. The quantitative estimate of drug-likeness (QED) is 0.680. The lowest BCUT2D eigenvalue weighted by Crippen LogP contribution is -2.28. The second kappa shape index (κ2) is 7.67. The molecule has 0 bridgehead atoms. The Morgan fingerprint density at radius 2 is 2.00 bits per heavy atom. The van der Waals surface area contributed by atoms with Gasteiger partial charge in [-0.3, -0.25) is 14.2 Å². The molecule has 3 rings (SSSR count). The van der Waals surface area contributed by atoms with E-state index in [1.54, 1.807) is 13.8 Å². The lowest BCUT2D eigenvalue weighted by Gasteiger charge is -2.10. The minimum atomic E-state index is -0.657. The molecule has 1 amide bonds. The largest absolute Gasteiger partial charge is 0.462 e. The number of anilines is 1. The van der Waals surface area contributed by atoms with Gasteiger partial charge in [-0.15, -0.1) is 0 Å². The van der Waals surface area contributed by atoms with Gasteiger partial charge in [-0.2, -0.15) is 0 Å². The number of aromatic nitrogens is 2. The van der Waals surface area contributed by atoms with Gasteiger partial charge >= 0.3 is 5.97 Å². The minimum Gasteiger partial charge on any atom is -0.462 e. The van der Waals surface area contributed by atoms with Gasteiger partial charge in [0.25, 0.3) is 5.56 Å². The van der Waals surface area contributed by atoms with Gasteiger partial charge in [-0.05, 0) is 44.9 Å². The fourth-order valence-corrected chi connectivity index (χ4v) is 2.91. The first kappa shape index (κ1) is 19.3.